The lowest BCUT2D eigenvalue weighted by Crippen LogP contribution is -2.61. The summed E-state index contributed by atoms with van der Waals surface area (Å²) in [5.41, 5.74) is 0. The Morgan fingerprint density at radius 1 is 0.453 bits per heavy atom. The van der Waals surface area contributed by atoms with Gasteiger partial charge < -0.3 is 45.1 Å². The van der Waals surface area contributed by atoms with Gasteiger partial charge in [0.1, 0.15) is 24.4 Å². The lowest BCUT2D eigenvalue weighted by atomic mass is 9.99. The second-order valence-corrected chi connectivity index (χ2v) is 24.6. The highest BCUT2D eigenvalue weighted by atomic mass is 16.7. The molecule has 0 aliphatic carbocycles. The van der Waals surface area contributed by atoms with Crippen molar-refractivity contribution < 1.29 is 49.3 Å². The van der Waals surface area contributed by atoms with Crippen molar-refractivity contribution in [1.29, 1.82) is 0 Å². The number of aliphatic hydroxyl groups excluding tert-OH is 5. The van der Waals surface area contributed by atoms with Crippen molar-refractivity contribution in [2.75, 3.05) is 13.2 Å². The van der Waals surface area contributed by atoms with Gasteiger partial charge in [-0.05, 0) is 103 Å². The number of carbonyl (C=O) groups is 2. The van der Waals surface area contributed by atoms with E-state index in [1.165, 1.54) is 167 Å². The summed E-state index contributed by atoms with van der Waals surface area (Å²) in [4.78, 5) is 26.7. The number of hydrogen-bond acceptors (Lipinski definition) is 10. The second-order valence-electron chi connectivity index (χ2n) is 24.6. The van der Waals surface area contributed by atoms with Gasteiger partial charge in [0, 0.05) is 6.42 Å². The largest absolute Gasteiger partial charge is 0.454 e. The van der Waals surface area contributed by atoms with E-state index in [9.17, 15) is 35.1 Å². The smallest absolute Gasteiger partial charge is 0.306 e. The molecule has 0 aromatic rings. The van der Waals surface area contributed by atoms with E-state index < -0.39 is 67.4 Å². The summed E-state index contributed by atoms with van der Waals surface area (Å²) in [6.07, 6.45) is 71.8. The number of esters is 1. The first kappa shape index (κ1) is 80.9. The van der Waals surface area contributed by atoms with Gasteiger partial charge in [-0.2, -0.15) is 0 Å². The second kappa shape index (κ2) is 62.1. The summed E-state index contributed by atoms with van der Waals surface area (Å²) in [5, 5.41) is 57.3. The first-order valence-electron chi connectivity index (χ1n) is 35.9. The summed E-state index contributed by atoms with van der Waals surface area (Å²) < 4.78 is 17.7. The Morgan fingerprint density at radius 2 is 0.802 bits per heavy atom. The number of amides is 1. The zero-order valence-corrected chi connectivity index (χ0v) is 55.4. The SMILES string of the molecule is CCCCC/C=C\C/C=C\C/C=C\C/C=C\CCCCCCCCCCCC(=O)OC1C(OCC(NC(=O)C(O)CCCCCCCCCCCC/C=C\C/C=C\CCCCC)C(O)/C=C/CCCCCCCCCCCC)OC(CO)C(O)C1O. The molecule has 0 bridgehead atoms. The summed E-state index contributed by atoms with van der Waals surface area (Å²) >= 11 is 0. The predicted molar refractivity (Wildman–Crippen MR) is 361 cm³/mol. The molecule has 6 N–H and O–H groups in total. The molecule has 1 aliphatic heterocycles. The van der Waals surface area contributed by atoms with E-state index in [0.29, 0.717) is 12.8 Å². The van der Waals surface area contributed by atoms with E-state index in [-0.39, 0.29) is 19.4 Å². The third-order valence-corrected chi connectivity index (χ3v) is 16.5. The van der Waals surface area contributed by atoms with Crippen LogP contribution >= 0.6 is 0 Å². The topological polar surface area (TPSA) is 175 Å². The van der Waals surface area contributed by atoms with E-state index in [1.807, 2.05) is 6.08 Å². The zero-order chi connectivity index (χ0) is 62.4. The molecule has 11 nitrogen and oxygen atoms in total. The van der Waals surface area contributed by atoms with Crippen LogP contribution in [0.2, 0.25) is 0 Å². The quantitative estimate of drug-likeness (QED) is 0.0195. The normalized spacial score (nSPS) is 18.8. The van der Waals surface area contributed by atoms with E-state index in [2.05, 4.69) is 99.0 Å². The number of nitrogens with one attached hydrogen (secondary N) is 1. The molecule has 1 amide bonds. The molecule has 1 aliphatic rings. The van der Waals surface area contributed by atoms with Crippen LogP contribution < -0.4 is 5.32 Å². The standard InChI is InChI=1S/C75H133NO10/c1-4-7-10-13-16-19-22-25-27-29-31-33-34-35-36-37-39-41-43-45-48-51-54-57-60-63-70(80)86-73-72(82)71(81)69(64-77)85-75(73)84-65-66(67(78)61-58-55-52-49-46-24-21-18-15-12-9-6-3)76-74(83)68(79)62-59-56-53-50-47-44-42-40-38-32-30-28-26-23-20-17-14-11-8-5-2/h16-17,19-20,25-28,31,33,35-36,58,61,66-69,71-73,75,77-79,81-82H,4-15,18,21-24,29-30,32,34,37-57,59-60,62-65H2,1-3H3,(H,76,83)/b19-16-,20-17-,27-25-,28-26-,33-31-,36-35-,61-58+. The minimum absolute atomic E-state index is 0.114. The van der Waals surface area contributed by atoms with Crippen molar-refractivity contribution in [2.24, 2.45) is 0 Å². The van der Waals surface area contributed by atoms with Gasteiger partial charge in [0.25, 0.3) is 0 Å². The average molecular weight is 1210 g/mol. The molecule has 1 saturated heterocycles. The van der Waals surface area contributed by atoms with Crippen LogP contribution in [0.25, 0.3) is 0 Å². The molecule has 0 radical (unpaired) electrons. The fourth-order valence-corrected chi connectivity index (χ4v) is 10.8. The maximum Gasteiger partial charge on any atom is 0.306 e. The van der Waals surface area contributed by atoms with Crippen LogP contribution in [0.1, 0.15) is 316 Å². The lowest BCUT2D eigenvalue weighted by molar-refractivity contribution is -0.305. The van der Waals surface area contributed by atoms with Gasteiger partial charge in [0.15, 0.2) is 12.4 Å². The number of aliphatic hydroxyl groups is 5. The van der Waals surface area contributed by atoms with Crippen molar-refractivity contribution >= 4 is 11.9 Å². The van der Waals surface area contributed by atoms with E-state index in [1.54, 1.807) is 6.08 Å². The highest BCUT2D eigenvalue weighted by molar-refractivity contribution is 5.80. The highest BCUT2D eigenvalue weighted by Crippen LogP contribution is 2.26. The third-order valence-electron chi connectivity index (χ3n) is 16.5. The molecule has 0 aromatic carbocycles. The zero-order valence-electron chi connectivity index (χ0n) is 55.4. The fourth-order valence-electron chi connectivity index (χ4n) is 10.8. The summed E-state index contributed by atoms with van der Waals surface area (Å²) in [5.74, 6) is -1.20. The highest BCUT2D eigenvalue weighted by Gasteiger charge is 2.47. The molecule has 11 heteroatoms. The van der Waals surface area contributed by atoms with Crippen molar-refractivity contribution in [3.63, 3.8) is 0 Å². The first-order chi connectivity index (χ1) is 42.2. The lowest BCUT2D eigenvalue weighted by Gasteiger charge is -2.41. The molecule has 0 aromatic heterocycles. The van der Waals surface area contributed by atoms with Gasteiger partial charge in [0.05, 0.1) is 25.4 Å². The van der Waals surface area contributed by atoms with Crippen molar-refractivity contribution in [1.82, 2.24) is 5.32 Å². The van der Waals surface area contributed by atoms with Crippen molar-refractivity contribution in [3.8, 4) is 0 Å². The minimum Gasteiger partial charge on any atom is -0.454 e. The van der Waals surface area contributed by atoms with Gasteiger partial charge >= 0.3 is 5.97 Å². The maximum atomic E-state index is 13.5. The molecule has 0 spiro atoms. The third kappa shape index (κ3) is 48.7. The van der Waals surface area contributed by atoms with Crippen molar-refractivity contribution in [3.05, 3.63) is 85.1 Å². The summed E-state index contributed by atoms with van der Waals surface area (Å²) in [6.45, 7) is 5.76. The maximum absolute atomic E-state index is 13.5. The summed E-state index contributed by atoms with van der Waals surface area (Å²) in [7, 11) is 0. The number of carbonyl (C=O) groups excluding carboxylic acids is 2. The van der Waals surface area contributed by atoms with Gasteiger partial charge in [0.2, 0.25) is 5.91 Å². The predicted octanol–water partition coefficient (Wildman–Crippen LogP) is 18.5. The van der Waals surface area contributed by atoms with Crippen molar-refractivity contribution in [2.45, 2.75) is 365 Å². The fraction of sp³-hybridized carbons (Fsp3) is 0.787. The number of hydrogen-bond donors (Lipinski definition) is 6. The monoisotopic (exact) mass is 1210 g/mol. The van der Waals surface area contributed by atoms with Crippen LogP contribution in [0, 0.1) is 0 Å². The molecule has 1 fully saturated rings. The van der Waals surface area contributed by atoms with E-state index in [0.717, 1.165) is 103 Å². The van der Waals surface area contributed by atoms with Crippen LogP contribution in [0.4, 0.5) is 0 Å². The van der Waals surface area contributed by atoms with Crippen LogP contribution in [0.3, 0.4) is 0 Å². The number of rotatable bonds is 61. The Labute approximate surface area is 527 Å². The Morgan fingerprint density at radius 3 is 1.22 bits per heavy atom. The van der Waals surface area contributed by atoms with Crippen LogP contribution in [-0.2, 0) is 23.8 Å². The molecule has 0 saturated carbocycles. The number of allylic oxidation sites excluding steroid dienone is 13. The first-order valence-corrected chi connectivity index (χ1v) is 35.9. The Balaban J connectivity index is 2.58. The molecule has 1 heterocycles. The van der Waals surface area contributed by atoms with Gasteiger partial charge in [-0.15, -0.1) is 0 Å². The Bertz CT molecular complexity index is 1720. The molecule has 8 atom stereocenters. The molecular weight excluding hydrogens is 1070 g/mol. The Kier molecular flexibility index (Phi) is 58.3. The minimum atomic E-state index is -1.62. The van der Waals surface area contributed by atoms with Gasteiger partial charge in [-0.3, -0.25) is 9.59 Å². The molecule has 86 heavy (non-hydrogen) atoms. The molecule has 1 rings (SSSR count). The van der Waals surface area contributed by atoms with Gasteiger partial charge in [-0.1, -0.05) is 292 Å². The number of unbranched alkanes of at least 4 members (excludes halogenated alkanes) is 35. The van der Waals surface area contributed by atoms with Crippen LogP contribution in [0.5, 0.6) is 0 Å². The Hall–Kier alpha value is -3.16. The van der Waals surface area contributed by atoms with Crippen LogP contribution in [-0.4, -0.2) is 99.6 Å². The van der Waals surface area contributed by atoms with Gasteiger partial charge in [-0.25, -0.2) is 0 Å². The molecular formula is C75H133NO10. The molecule has 8 unspecified atom stereocenters. The number of ether oxygens (including phenoxy) is 3. The van der Waals surface area contributed by atoms with Crippen LogP contribution in [0.15, 0.2) is 85.1 Å². The van der Waals surface area contributed by atoms with E-state index >= 15 is 0 Å². The molecule has 498 valence electrons. The summed E-state index contributed by atoms with van der Waals surface area (Å²) in [6, 6.07) is -1.03. The van der Waals surface area contributed by atoms with E-state index in [4.69, 9.17) is 14.2 Å². The average Bonchev–Trinajstić information content (AvgIpc) is 3.39.